The number of hydrogen-bond acceptors (Lipinski definition) is 7. The minimum absolute atomic E-state index is 0.459. The molecule has 3 atom stereocenters. The van der Waals surface area contributed by atoms with Gasteiger partial charge in [0.25, 0.3) is 0 Å². The zero-order chi connectivity index (χ0) is 13.6. The molecule has 102 valence electrons. The van der Waals surface area contributed by atoms with E-state index in [1.807, 2.05) is 0 Å². The van der Waals surface area contributed by atoms with Crippen LogP contribution in [0.2, 0.25) is 0 Å². The summed E-state index contributed by atoms with van der Waals surface area (Å²) < 4.78 is 14.1. The molecule has 0 rings (SSSR count). The fraction of sp³-hybridized carbons (Fsp3) is 0.857. The van der Waals surface area contributed by atoms with Crippen LogP contribution in [0.3, 0.4) is 0 Å². The number of carbonyl (C=O) groups is 1. The van der Waals surface area contributed by atoms with E-state index in [9.17, 15) is 19.6 Å². The molecule has 0 aromatic carbocycles. The van der Waals surface area contributed by atoms with Gasteiger partial charge in [0.05, 0.1) is 18.8 Å². The first-order valence-corrected chi connectivity index (χ1v) is 6.08. The summed E-state index contributed by atoms with van der Waals surface area (Å²) in [5, 5.41) is 35.8. The van der Waals surface area contributed by atoms with E-state index in [2.05, 4.69) is 4.52 Å². The topological polar surface area (TPSA) is 165 Å². The second kappa shape index (κ2) is 7.14. The molecule has 0 aliphatic rings. The van der Waals surface area contributed by atoms with Gasteiger partial charge in [-0.2, -0.15) is 0 Å². The Labute approximate surface area is 96.5 Å². The van der Waals surface area contributed by atoms with Crippen molar-refractivity contribution in [3.63, 3.8) is 0 Å². The smallest absolute Gasteiger partial charge is 0.394 e. The van der Waals surface area contributed by atoms with E-state index in [1.54, 1.807) is 0 Å². The number of carbonyl (C=O) groups excluding carboxylic acids is 1. The van der Waals surface area contributed by atoms with E-state index in [4.69, 9.17) is 20.0 Å². The molecule has 0 saturated carbocycles. The predicted octanol–water partition coefficient (Wildman–Crippen LogP) is -2.87. The standard InChI is InChI=1S/C7H15O9P/c8-2-4(9)1-5(10)7(12)6(11)3-16-17(13,14)15/h4-5,7-10,12H,1-3H2,(H2,13,14,15)/t4?,5-,7+/m1/s1. The number of aliphatic hydroxyl groups excluding tert-OH is 4. The van der Waals surface area contributed by atoms with Crippen LogP contribution in [0, 0.1) is 0 Å². The summed E-state index contributed by atoms with van der Waals surface area (Å²) in [7, 11) is -4.83. The Balaban J connectivity index is 4.16. The maximum Gasteiger partial charge on any atom is 0.470 e. The number of rotatable bonds is 8. The zero-order valence-electron chi connectivity index (χ0n) is 8.71. The lowest BCUT2D eigenvalue weighted by molar-refractivity contribution is -0.136. The summed E-state index contributed by atoms with van der Waals surface area (Å²) in [6.45, 7) is -1.73. The molecule has 9 nitrogen and oxygen atoms in total. The fourth-order valence-corrected chi connectivity index (χ4v) is 1.23. The summed E-state index contributed by atoms with van der Waals surface area (Å²) in [4.78, 5) is 27.7. The van der Waals surface area contributed by atoms with Crippen LogP contribution < -0.4 is 0 Å². The molecule has 0 fully saturated rings. The number of phosphoric acid groups is 1. The monoisotopic (exact) mass is 274 g/mol. The van der Waals surface area contributed by atoms with Crippen LogP contribution in [0.5, 0.6) is 0 Å². The summed E-state index contributed by atoms with van der Waals surface area (Å²) in [5.41, 5.74) is 0. The van der Waals surface area contributed by atoms with E-state index in [0.717, 1.165) is 0 Å². The Morgan fingerprint density at radius 1 is 1.24 bits per heavy atom. The fourth-order valence-electron chi connectivity index (χ4n) is 0.930. The maximum atomic E-state index is 11.1. The Morgan fingerprint density at radius 3 is 2.18 bits per heavy atom. The lowest BCUT2D eigenvalue weighted by Crippen LogP contribution is -2.38. The van der Waals surface area contributed by atoms with Crippen LogP contribution in [0.1, 0.15) is 6.42 Å². The van der Waals surface area contributed by atoms with Crippen molar-refractivity contribution < 1.29 is 44.1 Å². The summed E-state index contributed by atoms with van der Waals surface area (Å²) >= 11 is 0. The first kappa shape index (κ1) is 16.6. The van der Waals surface area contributed by atoms with Crippen LogP contribution >= 0.6 is 7.82 Å². The molecular formula is C7H15O9P. The Bertz CT molecular complexity index is 287. The van der Waals surface area contributed by atoms with E-state index in [1.165, 1.54) is 0 Å². The van der Waals surface area contributed by atoms with Gasteiger partial charge in [0.1, 0.15) is 12.7 Å². The van der Waals surface area contributed by atoms with Gasteiger partial charge < -0.3 is 30.2 Å². The SMILES string of the molecule is O=C(COP(=O)(O)O)[C@@H](O)[C@H](O)CC(O)CO. The Kier molecular flexibility index (Phi) is 6.98. The lowest BCUT2D eigenvalue weighted by atomic mass is 10.0. The molecule has 0 amide bonds. The van der Waals surface area contributed by atoms with Crippen molar-refractivity contribution in [3.05, 3.63) is 0 Å². The molecule has 0 aliphatic carbocycles. The van der Waals surface area contributed by atoms with E-state index in [-0.39, 0.29) is 0 Å². The van der Waals surface area contributed by atoms with Crippen molar-refractivity contribution in [1.82, 2.24) is 0 Å². The Hall–Kier alpha value is -0.380. The van der Waals surface area contributed by atoms with Crippen molar-refractivity contribution in [2.24, 2.45) is 0 Å². The lowest BCUT2D eigenvalue weighted by Gasteiger charge is -2.18. The van der Waals surface area contributed by atoms with Gasteiger partial charge in [0, 0.05) is 6.42 Å². The Morgan fingerprint density at radius 2 is 1.76 bits per heavy atom. The van der Waals surface area contributed by atoms with Crippen LogP contribution in [-0.4, -0.2) is 67.5 Å². The van der Waals surface area contributed by atoms with Crippen molar-refractivity contribution in [2.45, 2.75) is 24.7 Å². The molecule has 0 aromatic rings. The molecule has 0 aromatic heterocycles. The van der Waals surface area contributed by atoms with Crippen molar-refractivity contribution >= 4 is 13.6 Å². The molecule has 0 bridgehead atoms. The predicted molar refractivity (Wildman–Crippen MR) is 52.7 cm³/mol. The van der Waals surface area contributed by atoms with Crippen molar-refractivity contribution in [2.75, 3.05) is 13.2 Å². The van der Waals surface area contributed by atoms with Gasteiger partial charge in [0.2, 0.25) is 0 Å². The van der Waals surface area contributed by atoms with Crippen LogP contribution in [0.25, 0.3) is 0 Å². The molecule has 0 spiro atoms. The molecule has 0 aliphatic heterocycles. The third-order valence-electron chi connectivity index (χ3n) is 1.79. The number of Topliss-reactive ketones (excluding diaryl/α,β-unsaturated/α-hetero) is 1. The molecular weight excluding hydrogens is 259 g/mol. The highest BCUT2D eigenvalue weighted by molar-refractivity contribution is 7.46. The number of aliphatic hydroxyl groups is 4. The number of hydrogen-bond donors (Lipinski definition) is 6. The summed E-state index contributed by atoms with van der Waals surface area (Å²) in [6.07, 6.45) is -5.39. The van der Waals surface area contributed by atoms with Gasteiger partial charge in [0.15, 0.2) is 5.78 Å². The molecule has 0 saturated heterocycles. The first-order chi connectivity index (χ1) is 7.67. The maximum absolute atomic E-state index is 11.1. The highest BCUT2D eigenvalue weighted by atomic mass is 31.2. The summed E-state index contributed by atoms with van der Waals surface area (Å²) in [6, 6.07) is 0. The van der Waals surface area contributed by atoms with E-state index < -0.39 is 51.6 Å². The molecule has 0 heterocycles. The molecule has 10 heteroatoms. The minimum Gasteiger partial charge on any atom is -0.394 e. The average molecular weight is 274 g/mol. The van der Waals surface area contributed by atoms with Crippen LogP contribution in [-0.2, 0) is 13.9 Å². The molecule has 1 unspecified atom stereocenters. The van der Waals surface area contributed by atoms with E-state index >= 15 is 0 Å². The van der Waals surface area contributed by atoms with Crippen LogP contribution in [0.4, 0.5) is 0 Å². The van der Waals surface area contributed by atoms with Crippen molar-refractivity contribution in [1.29, 1.82) is 0 Å². The van der Waals surface area contributed by atoms with Gasteiger partial charge in [-0.25, -0.2) is 4.57 Å². The third-order valence-corrected chi connectivity index (χ3v) is 2.26. The second-order valence-electron chi connectivity index (χ2n) is 3.31. The zero-order valence-corrected chi connectivity index (χ0v) is 9.60. The normalized spacial score (nSPS) is 17.5. The molecule has 6 N–H and O–H groups in total. The first-order valence-electron chi connectivity index (χ1n) is 4.55. The van der Waals surface area contributed by atoms with Gasteiger partial charge in [-0.1, -0.05) is 0 Å². The number of ketones is 1. The van der Waals surface area contributed by atoms with Crippen LogP contribution in [0.15, 0.2) is 0 Å². The highest BCUT2D eigenvalue weighted by Gasteiger charge is 2.28. The quantitative estimate of drug-likeness (QED) is 0.255. The van der Waals surface area contributed by atoms with Gasteiger partial charge in [-0.15, -0.1) is 0 Å². The molecule has 0 radical (unpaired) electrons. The molecule has 17 heavy (non-hydrogen) atoms. The van der Waals surface area contributed by atoms with Gasteiger partial charge in [-0.3, -0.25) is 9.32 Å². The summed E-state index contributed by atoms with van der Waals surface area (Å²) in [5.74, 6) is -1.15. The van der Waals surface area contributed by atoms with Gasteiger partial charge >= 0.3 is 7.82 Å². The van der Waals surface area contributed by atoms with Crippen molar-refractivity contribution in [3.8, 4) is 0 Å². The average Bonchev–Trinajstić information content (AvgIpc) is 2.23. The highest BCUT2D eigenvalue weighted by Crippen LogP contribution is 2.35. The third kappa shape index (κ3) is 7.53. The minimum atomic E-state index is -4.83. The van der Waals surface area contributed by atoms with Gasteiger partial charge in [-0.05, 0) is 0 Å². The second-order valence-corrected chi connectivity index (χ2v) is 4.55. The largest absolute Gasteiger partial charge is 0.470 e. The number of phosphoric ester groups is 1. The van der Waals surface area contributed by atoms with E-state index in [0.29, 0.717) is 0 Å².